The highest BCUT2D eigenvalue weighted by Gasteiger charge is 2.25. The first-order valence-electron chi connectivity index (χ1n) is 4.37. The topological polar surface area (TPSA) is 96.2 Å². The standard InChI is InChI=1S/C7H18NO6P/c1-8(2,3)6-14-15(11,12)13-5-7(10)4-9/h7,9-10H,4-6H2,1-3H3/p+1/t7-/m0/s1. The van der Waals surface area contributed by atoms with Crippen LogP contribution in [-0.2, 0) is 13.6 Å². The lowest BCUT2D eigenvalue weighted by atomic mass is 10.4. The average Bonchev–Trinajstić information content (AvgIpc) is 2.10. The number of aliphatic hydroxyl groups is 2. The lowest BCUT2D eigenvalue weighted by Gasteiger charge is -2.24. The van der Waals surface area contributed by atoms with E-state index in [-0.39, 0.29) is 6.73 Å². The van der Waals surface area contributed by atoms with Crippen molar-refractivity contribution < 1.29 is 33.2 Å². The van der Waals surface area contributed by atoms with E-state index < -0.39 is 27.1 Å². The Morgan fingerprint density at radius 3 is 2.27 bits per heavy atom. The van der Waals surface area contributed by atoms with Crippen molar-refractivity contribution in [3.63, 3.8) is 0 Å². The predicted octanol–water partition coefficient (Wildman–Crippen LogP) is -0.863. The van der Waals surface area contributed by atoms with Crippen LogP contribution in [-0.4, -0.2) is 66.8 Å². The van der Waals surface area contributed by atoms with Crippen LogP contribution in [0.1, 0.15) is 0 Å². The van der Waals surface area contributed by atoms with Gasteiger partial charge in [-0.05, 0) is 0 Å². The fraction of sp³-hybridized carbons (Fsp3) is 1.00. The van der Waals surface area contributed by atoms with Gasteiger partial charge in [0.15, 0.2) is 6.73 Å². The first-order chi connectivity index (χ1) is 6.66. The normalized spacial score (nSPS) is 18.5. The number of phosphoric ester groups is 1. The number of rotatable bonds is 7. The van der Waals surface area contributed by atoms with E-state index in [2.05, 4.69) is 9.05 Å². The third-order valence-corrected chi connectivity index (χ3v) is 2.17. The molecule has 0 aliphatic rings. The summed E-state index contributed by atoms with van der Waals surface area (Å²) >= 11 is 0. The quantitative estimate of drug-likeness (QED) is 0.306. The van der Waals surface area contributed by atoms with Crippen LogP contribution in [0.15, 0.2) is 0 Å². The van der Waals surface area contributed by atoms with Gasteiger partial charge in [0.1, 0.15) is 6.10 Å². The van der Waals surface area contributed by atoms with Gasteiger partial charge in [-0.3, -0.25) is 4.52 Å². The van der Waals surface area contributed by atoms with Crippen molar-refractivity contribution in [2.45, 2.75) is 6.10 Å². The minimum absolute atomic E-state index is 0.00297. The van der Waals surface area contributed by atoms with E-state index in [0.717, 1.165) is 0 Å². The number of phosphoric acid groups is 1. The molecule has 7 nitrogen and oxygen atoms in total. The first-order valence-corrected chi connectivity index (χ1v) is 5.87. The summed E-state index contributed by atoms with van der Waals surface area (Å²) in [4.78, 5) is 9.13. The fourth-order valence-electron chi connectivity index (χ4n) is 0.516. The van der Waals surface area contributed by atoms with Crippen molar-refractivity contribution in [3.05, 3.63) is 0 Å². The molecule has 0 saturated heterocycles. The number of quaternary nitrogens is 1. The molecule has 0 fully saturated rings. The molecule has 0 aromatic heterocycles. The Labute approximate surface area is 89.1 Å². The molecule has 3 N–H and O–H groups in total. The zero-order valence-corrected chi connectivity index (χ0v) is 10.1. The van der Waals surface area contributed by atoms with Gasteiger partial charge in [-0.1, -0.05) is 0 Å². The molecular formula is C7H19NO6P+. The van der Waals surface area contributed by atoms with Gasteiger partial charge in [-0.2, -0.15) is 0 Å². The molecule has 0 spiro atoms. The Morgan fingerprint density at radius 1 is 1.33 bits per heavy atom. The van der Waals surface area contributed by atoms with E-state index in [1.807, 2.05) is 0 Å². The van der Waals surface area contributed by atoms with Crippen LogP contribution in [0.4, 0.5) is 0 Å². The summed E-state index contributed by atoms with van der Waals surface area (Å²) in [7, 11) is 1.20. The van der Waals surface area contributed by atoms with Gasteiger partial charge in [-0.15, -0.1) is 0 Å². The summed E-state index contributed by atoms with van der Waals surface area (Å²) in [6, 6.07) is 0. The van der Waals surface area contributed by atoms with Crippen molar-refractivity contribution >= 4 is 7.82 Å². The van der Waals surface area contributed by atoms with Gasteiger partial charge in [0, 0.05) is 0 Å². The van der Waals surface area contributed by atoms with Crippen LogP contribution >= 0.6 is 7.82 Å². The minimum atomic E-state index is -4.14. The lowest BCUT2D eigenvalue weighted by molar-refractivity contribution is -0.887. The second kappa shape index (κ2) is 5.91. The summed E-state index contributed by atoms with van der Waals surface area (Å²) in [5.41, 5.74) is 0. The van der Waals surface area contributed by atoms with E-state index in [1.165, 1.54) is 0 Å². The lowest BCUT2D eigenvalue weighted by Crippen LogP contribution is -2.36. The monoisotopic (exact) mass is 244 g/mol. The molecule has 0 rings (SSSR count). The molecule has 0 saturated carbocycles. The molecule has 8 heteroatoms. The van der Waals surface area contributed by atoms with Crippen molar-refractivity contribution in [3.8, 4) is 0 Å². The van der Waals surface area contributed by atoms with Gasteiger partial charge in [0.2, 0.25) is 0 Å². The first kappa shape index (κ1) is 15.0. The number of aliphatic hydroxyl groups excluding tert-OH is 2. The molecule has 92 valence electrons. The maximum Gasteiger partial charge on any atom is 0.476 e. The zero-order valence-electron chi connectivity index (χ0n) is 9.16. The summed E-state index contributed by atoms with van der Waals surface area (Å²) < 4.78 is 20.6. The van der Waals surface area contributed by atoms with Crippen LogP contribution < -0.4 is 0 Å². The molecular weight excluding hydrogens is 225 g/mol. The Bertz CT molecular complexity index is 228. The molecule has 0 radical (unpaired) electrons. The van der Waals surface area contributed by atoms with Crippen molar-refractivity contribution in [1.29, 1.82) is 0 Å². The van der Waals surface area contributed by atoms with Crippen LogP contribution in [0.25, 0.3) is 0 Å². The highest BCUT2D eigenvalue weighted by molar-refractivity contribution is 7.47. The van der Waals surface area contributed by atoms with Crippen molar-refractivity contribution in [2.24, 2.45) is 0 Å². The Kier molecular flexibility index (Phi) is 5.90. The smallest absolute Gasteiger partial charge is 0.394 e. The second-order valence-electron chi connectivity index (χ2n) is 4.15. The van der Waals surface area contributed by atoms with Crippen LogP contribution in [0.5, 0.6) is 0 Å². The molecule has 0 aromatic rings. The summed E-state index contributed by atoms with van der Waals surface area (Å²) in [5, 5.41) is 17.3. The molecule has 0 aliphatic heterocycles. The third-order valence-electron chi connectivity index (χ3n) is 1.25. The maximum atomic E-state index is 11.2. The van der Waals surface area contributed by atoms with Gasteiger partial charge >= 0.3 is 7.82 Å². The number of hydrogen-bond donors (Lipinski definition) is 3. The Hall–Kier alpha value is -0.0100. The molecule has 2 atom stereocenters. The van der Waals surface area contributed by atoms with Crippen LogP contribution in [0.2, 0.25) is 0 Å². The van der Waals surface area contributed by atoms with Crippen molar-refractivity contribution in [1.82, 2.24) is 0 Å². The molecule has 1 unspecified atom stereocenters. The van der Waals surface area contributed by atoms with E-state index in [9.17, 15) is 4.57 Å². The SMILES string of the molecule is C[N+](C)(C)COP(=O)(O)OC[C@@H](O)CO. The van der Waals surface area contributed by atoms with Crippen LogP contribution in [0, 0.1) is 0 Å². The average molecular weight is 244 g/mol. The number of nitrogens with zero attached hydrogens (tertiary/aromatic N) is 1. The van der Waals surface area contributed by atoms with Gasteiger partial charge in [0.05, 0.1) is 34.4 Å². The molecule has 0 aliphatic carbocycles. The van der Waals surface area contributed by atoms with E-state index in [0.29, 0.717) is 4.48 Å². The van der Waals surface area contributed by atoms with E-state index in [1.54, 1.807) is 21.1 Å². The third kappa shape index (κ3) is 8.95. The molecule has 0 heterocycles. The second-order valence-corrected chi connectivity index (χ2v) is 5.60. The van der Waals surface area contributed by atoms with Gasteiger partial charge in [0.25, 0.3) is 0 Å². The Balaban J connectivity index is 3.93. The minimum Gasteiger partial charge on any atom is -0.394 e. The molecule has 0 aromatic carbocycles. The van der Waals surface area contributed by atoms with Gasteiger partial charge < -0.3 is 19.6 Å². The van der Waals surface area contributed by atoms with Crippen molar-refractivity contribution in [2.75, 3.05) is 41.1 Å². The largest absolute Gasteiger partial charge is 0.476 e. The maximum absolute atomic E-state index is 11.2. The summed E-state index contributed by atoms with van der Waals surface area (Å²) in [5.74, 6) is 0. The summed E-state index contributed by atoms with van der Waals surface area (Å²) in [6.07, 6.45) is -1.18. The highest BCUT2D eigenvalue weighted by atomic mass is 31.2. The van der Waals surface area contributed by atoms with Gasteiger partial charge in [-0.25, -0.2) is 9.09 Å². The van der Waals surface area contributed by atoms with E-state index >= 15 is 0 Å². The summed E-state index contributed by atoms with van der Waals surface area (Å²) in [6.45, 7) is -0.972. The number of hydrogen-bond acceptors (Lipinski definition) is 5. The molecule has 0 amide bonds. The van der Waals surface area contributed by atoms with E-state index in [4.69, 9.17) is 15.1 Å². The Morgan fingerprint density at radius 2 is 1.87 bits per heavy atom. The highest BCUT2D eigenvalue weighted by Crippen LogP contribution is 2.43. The fourth-order valence-corrected chi connectivity index (χ4v) is 1.44. The van der Waals surface area contributed by atoms with Crippen LogP contribution in [0.3, 0.4) is 0 Å². The molecule has 15 heavy (non-hydrogen) atoms. The molecule has 0 bridgehead atoms. The zero-order chi connectivity index (χ0) is 12.1. The predicted molar refractivity (Wildman–Crippen MR) is 52.9 cm³/mol.